The number of nitrogens with zero attached hydrogens (tertiary/aromatic N) is 1. The SMILES string of the molecule is O=[N+]([O-])c1ccc([C@@H]2CN[C@@H](c3ccccc3)O2)cc1. The van der Waals surface area contributed by atoms with Gasteiger partial charge in [-0.1, -0.05) is 30.3 Å². The van der Waals surface area contributed by atoms with Gasteiger partial charge in [0.25, 0.3) is 5.69 Å². The molecule has 0 aromatic heterocycles. The lowest BCUT2D eigenvalue weighted by atomic mass is 10.1. The van der Waals surface area contributed by atoms with Gasteiger partial charge in [-0.3, -0.25) is 15.4 Å². The van der Waals surface area contributed by atoms with E-state index in [1.165, 1.54) is 12.1 Å². The highest BCUT2D eigenvalue weighted by Crippen LogP contribution is 2.31. The number of non-ortho nitro benzene ring substituents is 1. The van der Waals surface area contributed by atoms with Gasteiger partial charge in [0, 0.05) is 18.7 Å². The molecule has 0 radical (unpaired) electrons. The minimum absolute atomic E-state index is 0.0824. The summed E-state index contributed by atoms with van der Waals surface area (Å²) in [6.45, 7) is 0.692. The maximum Gasteiger partial charge on any atom is 0.269 e. The van der Waals surface area contributed by atoms with Crippen LogP contribution < -0.4 is 5.32 Å². The molecule has 3 rings (SSSR count). The third-order valence-electron chi connectivity index (χ3n) is 3.37. The molecule has 1 saturated heterocycles. The van der Waals surface area contributed by atoms with Crippen LogP contribution in [0.25, 0.3) is 0 Å². The molecule has 2 aromatic rings. The van der Waals surface area contributed by atoms with E-state index in [1.807, 2.05) is 30.3 Å². The van der Waals surface area contributed by atoms with Crippen molar-refractivity contribution in [1.82, 2.24) is 5.32 Å². The van der Waals surface area contributed by atoms with Gasteiger partial charge in [-0.05, 0) is 23.3 Å². The fraction of sp³-hybridized carbons (Fsp3) is 0.200. The zero-order chi connectivity index (χ0) is 13.9. The summed E-state index contributed by atoms with van der Waals surface area (Å²) in [6, 6.07) is 16.4. The van der Waals surface area contributed by atoms with Crippen molar-refractivity contribution in [1.29, 1.82) is 0 Å². The van der Waals surface area contributed by atoms with Gasteiger partial charge in [0.2, 0.25) is 0 Å². The Kier molecular flexibility index (Phi) is 3.45. The van der Waals surface area contributed by atoms with Crippen LogP contribution in [0.5, 0.6) is 0 Å². The van der Waals surface area contributed by atoms with Gasteiger partial charge >= 0.3 is 0 Å². The molecule has 102 valence electrons. The van der Waals surface area contributed by atoms with Crippen molar-refractivity contribution in [2.45, 2.75) is 12.3 Å². The Hall–Kier alpha value is -2.24. The number of ether oxygens (including phenoxy) is 1. The van der Waals surface area contributed by atoms with E-state index < -0.39 is 4.92 Å². The highest BCUT2D eigenvalue weighted by molar-refractivity contribution is 5.34. The molecule has 0 spiro atoms. The number of hydrogen-bond acceptors (Lipinski definition) is 4. The number of nitro groups is 1. The summed E-state index contributed by atoms with van der Waals surface area (Å²) in [6.07, 6.45) is -0.211. The zero-order valence-corrected chi connectivity index (χ0v) is 10.7. The van der Waals surface area contributed by atoms with Crippen molar-refractivity contribution in [2.24, 2.45) is 0 Å². The van der Waals surface area contributed by atoms with E-state index in [4.69, 9.17) is 4.74 Å². The molecule has 0 aliphatic carbocycles. The second-order valence-corrected chi connectivity index (χ2v) is 4.67. The molecule has 1 heterocycles. The zero-order valence-electron chi connectivity index (χ0n) is 10.7. The second kappa shape index (κ2) is 5.40. The van der Waals surface area contributed by atoms with Gasteiger partial charge in [-0.25, -0.2) is 0 Å². The van der Waals surface area contributed by atoms with E-state index in [2.05, 4.69) is 5.32 Å². The van der Waals surface area contributed by atoms with Crippen LogP contribution in [-0.2, 0) is 4.74 Å². The lowest BCUT2D eigenvalue weighted by Gasteiger charge is -2.13. The van der Waals surface area contributed by atoms with Crippen molar-refractivity contribution in [3.8, 4) is 0 Å². The number of rotatable bonds is 3. The average Bonchev–Trinajstić information content (AvgIpc) is 2.98. The molecule has 1 N–H and O–H groups in total. The van der Waals surface area contributed by atoms with Crippen LogP contribution in [0.4, 0.5) is 5.69 Å². The van der Waals surface area contributed by atoms with E-state index >= 15 is 0 Å². The van der Waals surface area contributed by atoms with Crippen molar-refractivity contribution in [2.75, 3.05) is 6.54 Å². The summed E-state index contributed by atoms with van der Waals surface area (Å²) in [5.74, 6) is 0. The highest BCUT2D eigenvalue weighted by Gasteiger charge is 2.27. The van der Waals surface area contributed by atoms with Gasteiger partial charge in [-0.2, -0.15) is 0 Å². The molecule has 0 amide bonds. The minimum Gasteiger partial charge on any atom is -0.350 e. The molecular formula is C15H14N2O3. The summed E-state index contributed by atoms with van der Waals surface area (Å²) in [7, 11) is 0. The summed E-state index contributed by atoms with van der Waals surface area (Å²) < 4.78 is 5.95. The van der Waals surface area contributed by atoms with Crippen molar-refractivity contribution < 1.29 is 9.66 Å². The van der Waals surface area contributed by atoms with Crippen LogP contribution in [0.1, 0.15) is 23.5 Å². The largest absolute Gasteiger partial charge is 0.350 e. The van der Waals surface area contributed by atoms with Gasteiger partial charge in [0.05, 0.1) is 11.0 Å². The first-order valence-corrected chi connectivity index (χ1v) is 6.42. The van der Waals surface area contributed by atoms with Crippen LogP contribution in [-0.4, -0.2) is 11.5 Å². The van der Waals surface area contributed by atoms with Crippen molar-refractivity contribution in [3.05, 3.63) is 75.8 Å². The third-order valence-corrected chi connectivity index (χ3v) is 3.37. The molecule has 1 aliphatic heterocycles. The molecular weight excluding hydrogens is 256 g/mol. The Bertz CT molecular complexity index is 598. The summed E-state index contributed by atoms with van der Waals surface area (Å²) in [4.78, 5) is 10.2. The van der Waals surface area contributed by atoms with Gasteiger partial charge in [0.15, 0.2) is 0 Å². The van der Waals surface area contributed by atoms with Crippen LogP contribution in [0.3, 0.4) is 0 Å². The van der Waals surface area contributed by atoms with Crippen molar-refractivity contribution >= 4 is 5.69 Å². The molecule has 1 fully saturated rings. The molecule has 5 nitrogen and oxygen atoms in total. The first kappa shape index (κ1) is 12.8. The van der Waals surface area contributed by atoms with Gasteiger partial charge in [-0.15, -0.1) is 0 Å². The summed E-state index contributed by atoms with van der Waals surface area (Å²) in [5, 5.41) is 13.9. The Balaban J connectivity index is 1.72. The lowest BCUT2D eigenvalue weighted by molar-refractivity contribution is -0.384. The van der Waals surface area contributed by atoms with E-state index in [9.17, 15) is 10.1 Å². The fourth-order valence-corrected chi connectivity index (χ4v) is 2.31. The summed E-state index contributed by atoms with van der Waals surface area (Å²) in [5.41, 5.74) is 2.12. The maximum atomic E-state index is 10.6. The standard InChI is InChI=1S/C15H14N2O3/c18-17(19)13-8-6-11(7-9-13)14-10-16-15(20-14)12-4-2-1-3-5-12/h1-9,14-16H,10H2/t14-,15+/m0/s1. The Morgan fingerprint density at radius 3 is 2.40 bits per heavy atom. The second-order valence-electron chi connectivity index (χ2n) is 4.67. The smallest absolute Gasteiger partial charge is 0.269 e. The van der Waals surface area contributed by atoms with Crippen LogP contribution in [0.15, 0.2) is 54.6 Å². The normalized spacial score (nSPS) is 21.8. The van der Waals surface area contributed by atoms with Crippen LogP contribution in [0, 0.1) is 10.1 Å². The molecule has 2 atom stereocenters. The molecule has 0 bridgehead atoms. The van der Waals surface area contributed by atoms with Gasteiger partial charge in [0.1, 0.15) is 6.23 Å². The Labute approximate surface area is 116 Å². The van der Waals surface area contributed by atoms with E-state index in [0.29, 0.717) is 6.54 Å². The van der Waals surface area contributed by atoms with E-state index in [0.717, 1.165) is 11.1 Å². The molecule has 0 saturated carbocycles. The number of nitro benzene ring substituents is 1. The molecule has 2 aromatic carbocycles. The summed E-state index contributed by atoms with van der Waals surface area (Å²) >= 11 is 0. The first-order valence-electron chi connectivity index (χ1n) is 6.42. The highest BCUT2D eigenvalue weighted by atomic mass is 16.6. The predicted octanol–water partition coefficient (Wildman–Crippen LogP) is 2.95. The number of hydrogen-bond donors (Lipinski definition) is 1. The third kappa shape index (κ3) is 2.54. The molecule has 1 aliphatic rings. The molecule has 20 heavy (non-hydrogen) atoms. The van der Waals surface area contributed by atoms with Crippen LogP contribution >= 0.6 is 0 Å². The lowest BCUT2D eigenvalue weighted by Crippen LogP contribution is -2.13. The molecule has 0 unspecified atom stereocenters. The Morgan fingerprint density at radius 1 is 1.05 bits per heavy atom. The number of benzene rings is 2. The molecule has 5 heteroatoms. The fourth-order valence-electron chi connectivity index (χ4n) is 2.31. The van der Waals surface area contributed by atoms with E-state index in [-0.39, 0.29) is 18.0 Å². The average molecular weight is 270 g/mol. The first-order chi connectivity index (χ1) is 9.74. The Morgan fingerprint density at radius 2 is 1.75 bits per heavy atom. The quantitative estimate of drug-likeness (QED) is 0.688. The topological polar surface area (TPSA) is 64.4 Å². The number of nitrogens with one attached hydrogen (secondary N) is 1. The monoisotopic (exact) mass is 270 g/mol. The van der Waals surface area contributed by atoms with Gasteiger partial charge < -0.3 is 4.74 Å². The van der Waals surface area contributed by atoms with Crippen LogP contribution in [0.2, 0.25) is 0 Å². The van der Waals surface area contributed by atoms with Crippen molar-refractivity contribution in [3.63, 3.8) is 0 Å². The maximum absolute atomic E-state index is 10.6. The predicted molar refractivity (Wildman–Crippen MR) is 74.1 cm³/mol. The minimum atomic E-state index is -0.399. The van der Waals surface area contributed by atoms with E-state index in [1.54, 1.807) is 12.1 Å².